The zero-order valence-corrected chi connectivity index (χ0v) is 15.8. The molecule has 0 atom stereocenters. The van der Waals surface area contributed by atoms with Gasteiger partial charge in [-0.05, 0) is 38.0 Å². The lowest BCUT2D eigenvalue weighted by Crippen LogP contribution is -2.24. The number of halogens is 1. The molecule has 144 valence electrons. The quantitative estimate of drug-likeness (QED) is 0.753. The van der Waals surface area contributed by atoms with Crippen LogP contribution in [0.4, 0.5) is 10.3 Å². The maximum Gasteiger partial charge on any atom is 0.262 e. The maximum atomic E-state index is 14.4. The molecule has 1 aromatic carbocycles. The number of anilines is 1. The highest BCUT2D eigenvalue weighted by Crippen LogP contribution is 2.30. The first-order chi connectivity index (χ1) is 13.6. The standard InChI is InChI=1S/C21H21FN4O2/c1-13-14(5-3-9-23-13)17-12-25-21(26(2)20(17)27)24-11-16-15-6-4-10-28-19(15)8-7-18(16)22/h3,5,7-9,12H,4,6,10-11H2,1-2H3,(H,24,25). The Bertz CT molecular complexity index is 1090. The van der Waals surface area contributed by atoms with Crippen LogP contribution in [0.15, 0.2) is 41.5 Å². The number of ether oxygens (including phenoxy) is 1. The van der Waals surface area contributed by atoms with Crippen LogP contribution in [-0.4, -0.2) is 21.1 Å². The molecule has 0 unspecified atom stereocenters. The lowest BCUT2D eigenvalue weighted by Gasteiger charge is -2.21. The number of aryl methyl sites for hydroxylation is 1. The molecule has 0 saturated carbocycles. The first kappa shape index (κ1) is 18.2. The Morgan fingerprint density at radius 3 is 2.93 bits per heavy atom. The van der Waals surface area contributed by atoms with Gasteiger partial charge in [0.15, 0.2) is 0 Å². The first-order valence-corrected chi connectivity index (χ1v) is 9.21. The lowest BCUT2D eigenvalue weighted by atomic mass is 9.99. The van der Waals surface area contributed by atoms with Crippen molar-refractivity contribution in [3.05, 3.63) is 69.7 Å². The van der Waals surface area contributed by atoms with E-state index in [1.807, 2.05) is 13.0 Å². The number of benzene rings is 1. The maximum absolute atomic E-state index is 14.4. The Balaban J connectivity index is 1.63. The number of hydrogen-bond acceptors (Lipinski definition) is 5. The van der Waals surface area contributed by atoms with E-state index in [9.17, 15) is 9.18 Å². The minimum Gasteiger partial charge on any atom is -0.493 e. The van der Waals surface area contributed by atoms with Crippen molar-refractivity contribution < 1.29 is 9.13 Å². The molecule has 2 aromatic heterocycles. The molecule has 4 rings (SSSR count). The van der Waals surface area contributed by atoms with Crippen molar-refractivity contribution >= 4 is 5.95 Å². The summed E-state index contributed by atoms with van der Waals surface area (Å²) in [5, 5.41) is 3.09. The molecule has 0 radical (unpaired) electrons. The third-order valence-corrected chi connectivity index (χ3v) is 5.05. The average molecular weight is 380 g/mol. The Labute approximate surface area is 162 Å². The summed E-state index contributed by atoms with van der Waals surface area (Å²) in [6, 6.07) is 6.73. The van der Waals surface area contributed by atoms with Gasteiger partial charge in [-0.25, -0.2) is 9.37 Å². The van der Waals surface area contributed by atoms with Gasteiger partial charge >= 0.3 is 0 Å². The number of fused-ring (bicyclic) bond motifs is 1. The molecule has 0 amide bonds. The Hall–Kier alpha value is -3.22. The fraction of sp³-hybridized carbons (Fsp3) is 0.286. The summed E-state index contributed by atoms with van der Waals surface area (Å²) < 4.78 is 21.5. The molecule has 6 nitrogen and oxygen atoms in total. The van der Waals surface area contributed by atoms with Crippen LogP contribution in [0.3, 0.4) is 0 Å². The largest absolute Gasteiger partial charge is 0.493 e. The van der Waals surface area contributed by atoms with Crippen LogP contribution >= 0.6 is 0 Å². The average Bonchev–Trinajstić information content (AvgIpc) is 2.71. The van der Waals surface area contributed by atoms with E-state index in [0.29, 0.717) is 23.7 Å². The minimum atomic E-state index is -0.288. The number of nitrogens with one attached hydrogen (secondary N) is 1. The van der Waals surface area contributed by atoms with Crippen molar-refractivity contribution in [2.75, 3.05) is 11.9 Å². The number of rotatable bonds is 4. The van der Waals surface area contributed by atoms with Gasteiger partial charge in [-0.2, -0.15) is 0 Å². The number of nitrogens with zero attached hydrogens (tertiary/aromatic N) is 3. The first-order valence-electron chi connectivity index (χ1n) is 9.21. The Kier molecular flexibility index (Phi) is 4.81. The molecule has 1 aliphatic rings. The van der Waals surface area contributed by atoms with Gasteiger partial charge in [0.1, 0.15) is 11.6 Å². The summed E-state index contributed by atoms with van der Waals surface area (Å²) >= 11 is 0. The van der Waals surface area contributed by atoms with E-state index in [2.05, 4.69) is 15.3 Å². The minimum absolute atomic E-state index is 0.188. The molecule has 0 aliphatic carbocycles. The van der Waals surface area contributed by atoms with E-state index in [-0.39, 0.29) is 17.9 Å². The fourth-order valence-corrected chi connectivity index (χ4v) is 3.50. The van der Waals surface area contributed by atoms with Crippen LogP contribution in [0.25, 0.3) is 11.1 Å². The molecule has 0 fully saturated rings. The third kappa shape index (κ3) is 3.24. The number of pyridine rings is 1. The van der Waals surface area contributed by atoms with Gasteiger partial charge in [0.25, 0.3) is 5.56 Å². The van der Waals surface area contributed by atoms with Gasteiger partial charge in [0.05, 0.1) is 12.2 Å². The second kappa shape index (κ2) is 7.42. The summed E-state index contributed by atoms with van der Waals surface area (Å²) in [7, 11) is 1.65. The van der Waals surface area contributed by atoms with E-state index >= 15 is 0 Å². The van der Waals surface area contributed by atoms with E-state index in [4.69, 9.17) is 4.74 Å². The predicted octanol–water partition coefficient (Wildman–Crippen LogP) is 3.23. The molecule has 1 N–H and O–H groups in total. The highest BCUT2D eigenvalue weighted by atomic mass is 19.1. The van der Waals surface area contributed by atoms with Crippen LogP contribution < -0.4 is 15.6 Å². The van der Waals surface area contributed by atoms with E-state index < -0.39 is 0 Å². The Morgan fingerprint density at radius 2 is 2.11 bits per heavy atom. The third-order valence-electron chi connectivity index (χ3n) is 5.05. The second-order valence-electron chi connectivity index (χ2n) is 6.80. The van der Waals surface area contributed by atoms with E-state index in [1.54, 1.807) is 25.4 Å². The fourth-order valence-electron chi connectivity index (χ4n) is 3.50. The van der Waals surface area contributed by atoms with Crippen molar-refractivity contribution in [1.29, 1.82) is 0 Å². The van der Waals surface area contributed by atoms with Crippen LogP contribution in [0.5, 0.6) is 5.75 Å². The van der Waals surface area contributed by atoms with Crippen LogP contribution in [0, 0.1) is 12.7 Å². The van der Waals surface area contributed by atoms with Crippen LogP contribution in [0.2, 0.25) is 0 Å². The van der Waals surface area contributed by atoms with Gasteiger partial charge in [0.2, 0.25) is 5.95 Å². The number of hydrogen-bond donors (Lipinski definition) is 1. The van der Waals surface area contributed by atoms with Crippen molar-refractivity contribution in [1.82, 2.24) is 14.5 Å². The summed E-state index contributed by atoms with van der Waals surface area (Å²) in [5.41, 5.74) is 3.25. The van der Waals surface area contributed by atoms with Gasteiger partial charge in [0, 0.05) is 48.4 Å². The molecule has 3 aromatic rings. The van der Waals surface area contributed by atoms with Gasteiger partial charge < -0.3 is 10.1 Å². The highest BCUT2D eigenvalue weighted by Gasteiger charge is 2.18. The highest BCUT2D eigenvalue weighted by molar-refractivity contribution is 5.64. The molecule has 0 bridgehead atoms. The number of aromatic nitrogens is 3. The zero-order valence-electron chi connectivity index (χ0n) is 15.8. The SMILES string of the molecule is Cc1ncccc1-c1cnc(NCc2c(F)ccc3c2CCCO3)n(C)c1=O. The molecular formula is C21H21FN4O2. The molecule has 28 heavy (non-hydrogen) atoms. The van der Waals surface area contributed by atoms with Crippen molar-refractivity contribution in [2.45, 2.75) is 26.3 Å². The lowest BCUT2D eigenvalue weighted by molar-refractivity contribution is 0.286. The molecule has 7 heteroatoms. The summed E-state index contributed by atoms with van der Waals surface area (Å²) in [6.07, 6.45) is 4.86. The van der Waals surface area contributed by atoms with Crippen LogP contribution in [0.1, 0.15) is 23.2 Å². The van der Waals surface area contributed by atoms with Crippen molar-refractivity contribution in [3.8, 4) is 16.9 Å². The summed E-state index contributed by atoms with van der Waals surface area (Å²) in [6.45, 7) is 2.73. The van der Waals surface area contributed by atoms with Gasteiger partial charge in [-0.3, -0.25) is 14.3 Å². The van der Waals surface area contributed by atoms with Crippen molar-refractivity contribution in [3.63, 3.8) is 0 Å². The topological polar surface area (TPSA) is 69.0 Å². The predicted molar refractivity (Wildman–Crippen MR) is 105 cm³/mol. The van der Waals surface area contributed by atoms with Crippen LogP contribution in [-0.2, 0) is 20.0 Å². The van der Waals surface area contributed by atoms with Gasteiger partial charge in [-0.15, -0.1) is 0 Å². The monoisotopic (exact) mass is 380 g/mol. The molecule has 1 aliphatic heterocycles. The zero-order chi connectivity index (χ0) is 19.7. The second-order valence-corrected chi connectivity index (χ2v) is 6.80. The molecule has 0 saturated heterocycles. The van der Waals surface area contributed by atoms with Gasteiger partial charge in [-0.1, -0.05) is 6.07 Å². The molecule has 0 spiro atoms. The normalized spacial score (nSPS) is 13.0. The summed E-state index contributed by atoms with van der Waals surface area (Å²) in [5.74, 6) is 0.821. The summed E-state index contributed by atoms with van der Waals surface area (Å²) in [4.78, 5) is 21.4. The molecule has 3 heterocycles. The molecular weight excluding hydrogens is 359 g/mol. The van der Waals surface area contributed by atoms with E-state index in [0.717, 1.165) is 35.4 Å². The van der Waals surface area contributed by atoms with Crippen molar-refractivity contribution in [2.24, 2.45) is 7.05 Å². The smallest absolute Gasteiger partial charge is 0.262 e. The van der Waals surface area contributed by atoms with E-state index in [1.165, 1.54) is 16.8 Å². The Morgan fingerprint density at radius 1 is 1.25 bits per heavy atom.